The van der Waals surface area contributed by atoms with Gasteiger partial charge in [-0.15, -0.1) is 8.78 Å². The number of ether oxygens (including phenoxy) is 6. The van der Waals surface area contributed by atoms with Crippen LogP contribution in [0.5, 0.6) is 11.5 Å². The van der Waals surface area contributed by atoms with E-state index in [2.05, 4.69) is 47.3 Å². The second kappa shape index (κ2) is 27.2. The number of aromatic nitrogens is 2. The van der Waals surface area contributed by atoms with Crippen molar-refractivity contribution in [2.45, 2.75) is 119 Å². The molecular formula is C56H64F2N10O21. The van der Waals surface area contributed by atoms with Crippen LogP contribution in [0.25, 0.3) is 22.3 Å². The number of esters is 1. The number of aliphatic hydroxyl groups is 5. The number of methoxy groups -OCH3 is 1. The molecule has 2 aromatic heterocycles. The maximum absolute atomic E-state index is 14.5. The molecule has 0 radical (unpaired) electrons. The predicted octanol–water partition coefficient (Wildman–Crippen LogP) is -3.87. The van der Waals surface area contributed by atoms with E-state index in [-0.39, 0.29) is 91.3 Å². The number of aliphatic hydroxyl groups excluding tert-OH is 4. The van der Waals surface area contributed by atoms with Crippen LogP contribution in [-0.4, -0.2) is 191 Å². The van der Waals surface area contributed by atoms with Crippen molar-refractivity contribution in [1.82, 2.24) is 52.1 Å². The molecule has 4 aliphatic heterocycles. The molecule has 4 aromatic rings. The van der Waals surface area contributed by atoms with E-state index < -0.39 is 166 Å². The maximum atomic E-state index is 14.5. The number of hydrogen-bond donors (Lipinski definition) is 13. The van der Waals surface area contributed by atoms with Crippen molar-refractivity contribution >= 4 is 64.3 Å². The number of nitrogens with one attached hydrogen (secondary N) is 8. The first-order valence-electron chi connectivity index (χ1n) is 28.1. The van der Waals surface area contributed by atoms with Gasteiger partial charge in [-0.25, -0.2) is 14.6 Å². The first-order chi connectivity index (χ1) is 42.4. The second-order valence-electron chi connectivity index (χ2n) is 21.4. The van der Waals surface area contributed by atoms with Crippen LogP contribution in [-0.2, 0) is 88.9 Å². The van der Waals surface area contributed by atoms with Gasteiger partial charge in [-0.2, -0.15) is 0 Å². The lowest BCUT2D eigenvalue weighted by Crippen LogP contribution is -2.60. The largest absolute Gasteiger partial charge is 0.586 e. The van der Waals surface area contributed by atoms with Gasteiger partial charge in [0.2, 0.25) is 41.4 Å². The summed E-state index contributed by atoms with van der Waals surface area (Å²) >= 11 is 0. The minimum absolute atomic E-state index is 0.0469. The lowest BCUT2D eigenvalue weighted by Gasteiger charge is -2.40. The minimum atomic E-state index is -3.98. The number of nitrogens with zero attached hydrogens (tertiary/aromatic N) is 2. The Hall–Kier alpha value is -8.99. The number of carbonyl (C=O) groups is 9. The fourth-order valence-corrected chi connectivity index (χ4v) is 11.1. The van der Waals surface area contributed by atoms with Crippen LogP contribution in [0, 0.1) is 0 Å². The highest BCUT2D eigenvalue weighted by Gasteiger charge is 2.49. The summed E-state index contributed by atoms with van der Waals surface area (Å²) in [6.07, 6.45) is -13.0. The SMILES string of the molecule is CC[C@@]1(O)C(=O)OCc2c1cc1n(c2=O)Cc2c-1nc1cc3c(c4c1c2[C@@H](NC(=O)COCNC(=O)CNC(=O)[C@H](Cc1ccccc1)NC(=O)CNC(=O)CNC(=O)[C@H](CCC(=O)NC[C@@H]1O[C@H](CO)[C@@H](O)[C@H](O)[C@H]1O)NC(=O)OC)CC4)OC(F)(F)O3. The smallest absolute Gasteiger partial charge is 0.458 e. The van der Waals surface area contributed by atoms with Crippen molar-refractivity contribution < 1.29 is 106 Å². The second-order valence-corrected chi connectivity index (χ2v) is 21.4. The Balaban J connectivity index is 0.751. The number of pyridine rings is 2. The summed E-state index contributed by atoms with van der Waals surface area (Å²) in [4.78, 5) is 135. The van der Waals surface area contributed by atoms with Gasteiger partial charge in [0.05, 0.1) is 68.4 Å². The molecule has 0 unspecified atom stereocenters. The van der Waals surface area contributed by atoms with Crippen molar-refractivity contribution in [2.24, 2.45) is 0 Å². The highest BCUT2D eigenvalue weighted by atomic mass is 19.3. The van der Waals surface area contributed by atoms with Gasteiger partial charge in [-0.1, -0.05) is 37.3 Å². The first-order valence-corrected chi connectivity index (χ1v) is 28.1. The molecule has 0 spiro atoms. The molecule has 1 saturated heterocycles. The number of amides is 8. The molecule has 31 nitrogen and oxygen atoms in total. The molecule has 1 fully saturated rings. The number of fused-ring (bicyclic) bond motifs is 7. The van der Waals surface area contributed by atoms with Crippen molar-refractivity contribution in [3.05, 3.63) is 86.2 Å². The quantitative estimate of drug-likeness (QED) is 0.0160. The maximum Gasteiger partial charge on any atom is 0.586 e. The van der Waals surface area contributed by atoms with Crippen LogP contribution in [0.2, 0.25) is 0 Å². The summed E-state index contributed by atoms with van der Waals surface area (Å²) in [6.45, 7) is -3.17. The molecule has 0 bridgehead atoms. The number of alkyl carbamates (subject to hydrolysis) is 1. The third-order valence-electron chi connectivity index (χ3n) is 15.6. The van der Waals surface area contributed by atoms with Crippen molar-refractivity contribution in [2.75, 3.05) is 53.2 Å². The molecule has 0 saturated carbocycles. The van der Waals surface area contributed by atoms with Crippen molar-refractivity contribution in [3.8, 4) is 22.9 Å². The lowest BCUT2D eigenvalue weighted by atomic mass is 9.82. The molecule has 1 aliphatic carbocycles. The number of halogens is 2. The standard InChI is InChI=1S/C56H64F2N10O21/c1-3-55(83)29-14-34-45-27(20-68(34)52(80)28(29)22-86-53(55)81)44-30(10-9-26-43(44)32(66-45)15-35-49(26)89-56(57,58)88-35)64-42(74)23-85-24-63-40(72)18-62-51(79)33(13-25-7-5-4-6-8-25)65-41(73)19-60-39(71)17-61-50(78)31(67-54(82)84-2)11-12-38(70)59-16-36-46(75)48(77)47(76)37(21-69)87-36/h4-8,14-15,30-31,33,36-37,46-48,69,75-77,83H,3,9-13,16-24H2,1-2H3,(H,59,70)(H,60,71)(H,61,78)(H,62,79)(H,63,72)(H,64,74)(H,65,73)(H,67,82)/t30-,31-,33-,36-,37+,46-,47+,48+,55-/m0/s1. The summed E-state index contributed by atoms with van der Waals surface area (Å²) in [5.41, 5.74) is -0.126. The van der Waals surface area contributed by atoms with E-state index in [0.717, 1.165) is 7.11 Å². The Morgan fingerprint density at radius 2 is 1.51 bits per heavy atom. The number of alkyl halides is 2. The summed E-state index contributed by atoms with van der Waals surface area (Å²) in [5.74, 6) is -7.06. The normalized spacial score (nSPS) is 22.1. The number of cyclic esters (lactones) is 1. The highest BCUT2D eigenvalue weighted by molar-refractivity contribution is 5.97. The molecule has 89 heavy (non-hydrogen) atoms. The third kappa shape index (κ3) is 14.1. The number of carbonyl (C=O) groups excluding carboxylic acids is 9. The molecule has 9 rings (SSSR count). The van der Waals surface area contributed by atoms with E-state index in [1.165, 1.54) is 16.7 Å². The molecule has 9 atom stereocenters. The Labute approximate surface area is 502 Å². The molecule has 6 heterocycles. The van der Waals surface area contributed by atoms with Crippen LogP contribution < -0.4 is 57.6 Å². The van der Waals surface area contributed by atoms with Gasteiger partial charge in [0.1, 0.15) is 62.5 Å². The average molecular weight is 1250 g/mol. The Morgan fingerprint density at radius 1 is 0.809 bits per heavy atom. The van der Waals surface area contributed by atoms with Crippen LogP contribution in [0.15, 0.2) is 47.3 Å². The van der Waals surface area contributed by atoms with Gasteiger partial charge < -0.3 is 101 Å². The molecule has 33 heteroatoms. The molecule has 478 valence electrons. The highest BCUT2D eigenvalue weighted by Crippen LogP contribution is 2.53. The van der Waals surface area contributed by atoms with Crippen LogP contribution >= 0.6 is 0 Å². The summed E-state index contributed by atoms with van der Waals surface area (Å²) in [7, 11) is 1.02. The summed E-state index contributed by atoms with van der Waals surface area (Å²) < 4.78 is 60.8. The van der Waals surface area contributed by atoms with Crippen LogP contribution in [0.4, 0.5) is 13.6 Å². The van der Waals surface area contributed by atoms with E-state index in [1.807, 2.05) is 0 Å². The van der Waals surface area contributed by atoms with Crippen LogP contribution in [0.1, 0.15) is 72.0 Å². The van der Waals surface area contributed by atoms with Gasteiger partial charge in [0, 0.05) is 47.5 Å². The molecule has 13 N–H and O–H groups in total. The fourth-order valence-electron chi connectivity index (χ4n) is 11.1. The fraction of sp³-hybridized carbons (Fsp3) is 0.482. The zero-order chi connectivity index (χ0) is 64.1. The molecular weight excluding hydrogens is 1190 g/mol. The minimum Gasteiger partial charge on any atom is -0.458 e. The average Bonchev–Trinajstić information content (AvgIpc) is 1.60. The van der Waals surface area contributed by atoms with Gasteiger partial charge in [-0.05, 0) is 42.9 Å². The zero-order valence-corrected chi connectivity index (χ0v) is 47.7. The first kappa shape index (κ1) is 64.5. The number of benzene rings is 2. The van der Waals surface area contributed by atoms with Crippen molar-refractivity contribution in [3.63, 3.8) is 0 Å². The van der Waals surface area contributed by atoms with E-state index >= 15 is 0 Å². The van der Waals surface area contributed by atoms with E-state index in [9.17, 15) is 82.3 Å². The van der Waals surface area contributed by atoms with Gasteiger partial charge in [0.15, 0.2) is 17.1 Å². The van der Waals surface area contributed by atoms with Crippen molar-refractivity contribution in [1.29, 1.82) is 0 Å². The van der Waals surface area contributed by atoms with E-state index in [4.69, 9.17) is 28.7 Å². The third-order valence-corrected chi connectivity index (χ3v) is 15.6. The van der Waals surface area contributed by atoms with Gasteiger partial charge >= 0.3 is 18.4 Å². The molecule has 5 aliphatic rings. The van der Waals surface area contributed by atoms with E-state index in [0.29, 0.717) is 27.6 Å². The monoisotopic (exact) mass is 1250 g/mol. The number of hydrogen-bond acceptors (Lipinski definition) is 22. The lowest BCUT2D eigenvalue weighted by molar-refractivity contribution is -0.287. The van der Waals surface area contributed by atoms with Gasteiger partial charge in [0.25, 0.3) is 5.56 Å². The number of aryl methyl sites for hydroxylation is 1. The molecule has 2 aromatic carbocycles. The molecule has 8 amide bonds. The zero-order valence-electron chi connectivity index (χ0n) is 47.7. The summed E-state index contributed by atoms with van der Waals surface area (Å²) in [6, 6.07) is 7.65. The summed E-state index contributed by atoms with van der Waals surface area (Å²) in [5, 5.41) is 70.9. The van der Waals surface area contributed by atoms with Crippen LogP contribution in [0.3, 0.4) is 0 Å². The van der Waals surface area contributed by atoms with E-state index in [1.54, 1.807) is 37.3 Å². The topological polar surface area (TPSA) is 441 Å². The Kier molecular flexibility index (Phi) is 19.7. The predicted molar refractivity (Wildman–Crippen MR) is 295 cm³/mol. The Morgan fingerprint density at radius 3 is 2.21 bits per heavy atom. The van der Waals surface area contributed by atoms with Gasteiger partial charge in [-0.3, -0.25) is 38.4 Å². The number of rotatable bonds is 24. The Bertz CT molecular complexity index is 3520.